The molecule has 2 aromatic heterocycles. The number of aliphatic hydroxyl groups is 1. The van der Waals surface area contributed by atoms with Gasteiger partial charge in [-0.05, 0) is 12.0 Å². The van der Waals surface area contributed by atoms with Crippen molar-refractivity contribution < 1.29 is 5.11 Å². The molecule has 0 radical (unpaired) electrons. The molecule has 0 bridgehead atoms. The van der Waals surface area contributed by atoms with Gasteiger partial charge >= 0.3 is 0 Å². The molecule has 20 heavy (non-hydrogen) atoms. The Morgan fingerprint density at radius 2 is 2.10 bits per heavy atom. The summed E-state index contributed by atoms with van der Waals surface area (Å²) >= 11 is 0. The van der Waals surface area contributed by atoms with Gasteiger partial charge < -0.3 is 10.4 Å². The summed E-state index contributed by atoms with van der Waals surface area (Å²) in [7, 11) is 0. The first-order chi connectivity index (χ1) is 9.86. The van der Waals surface area contributed by atoms with Crippen LogP contribution in [0.1, 0.15) is 5.56 Å². The topological polar surface area (TPSA) is 75.3 Å². The summed E-state index contributed by atoms with van der Waals surface area (Å²) in [5.74, 6) is 0.625. The lowest BCUT2D eigenvalue weighted by Gasteiger charge is -2.17. The summed E-state index contributed by atoms with van der Waals surface area (Å²) in [5, 5.41) is 20.6. The zero-order valence-electron chi connectivity index (χ0n) is 10.8. The van der Waals surface area contributed by atoms with Crippen molar-refractivity contribution >= 4 is 11.5 Å². The fourth-order valence-electron chi connectivity index (χ4n) is 2.11. The van der Waals surface area contributed by atoms with Crippen LogP contribution in [0.3, 0.4) is 0 Å². The van der Waals surface area contributed by atoms with Gasteiger partial charge in [-0.3, -0.25) is 4.40 Å². The average Bonchev–Trinajstić information content (AvgIpc) is 2.97. The Balaban J connectivity index is 1.79. The van der Waals surface area contributed by atoms with Gasteiger partial charge in [-0.25, -0.2) is 4.98 Å². The number of hydrogen-bond donors (Lipinski definition) is 2. The Morgan fingerprint density at radius 3 is 2.90 bits per heavy atom. The first-order valence-electron chi connectivity index (χ1n) is 6.42. The normalized spacial score (nSPS) is 12.4. The third-order valence-electron chi connectivity index (χ3n) is 3.10. The summed E-state index contributed by atoms with van der Waals surface area (Å²) in [6.45, 7) is 0.0196. The molecule has 6 heteroatoms. The first kappa shape index (κ1) is 12.6. The molecule has 102 valence electrons. The summed E-state index contributed by atoms with van der Waals surface area (Å²) < 4.78 is 1.78. The monoisotopic (exact) mass is 269 g/mol. The molecular weight excluding hydrogens is 254 g/mol. The van der Waals surface area contributed by atoms with E-state index in [9.17, 15) is 5.11 Å². The number of nitrogens with one attached hydrogen (secondary N) is 1. The lowest BCUT2D eigenvalue weighted by Crippen LogP contribution is -2.27. The molecule has 0 saturated heterocycles. The molecule has 6 nitrogen and oxygen atoms in total. The number of aromatic nitrogens is 4. The highest BCUT2D eigenvalue weighted by Gasteiger charge is 2.12. The van der Waals surface area contributed by atoms with Crippen molar-refractivity contribution in [3.8, 4) is 0 Å². The molecule has 2 N–H and O–H groups in total. The van der Waals surface area contributed by atoms with E-state index in [1.165, 1.54) is 0 Å². The van der Waals surface area contributed by atoms with Crippen LogP contribution in [0.25, 0.3) is 5.65 Å². The Labute approximate surface area is 116 Å². The van der Waals surface area contributed by atoms with Crippen molar-refractivity contribution in [3.63, 3.8) is 0 Å². The molecule has 0 aliphatic carbocycles. The highest BCUT2D eigenvalue weighted by molar-refractivity contribution is 5.61. The van der Waals surface area contributed by atoms with Crippen LogP contribution >= 0.6 is 0 Å². The Kier molecular flexibility index (Phi) is 3.56. The van der Waals surface area contributed by atoms with E-state index in [1.807, 2.05) is 30.3 Å². The van der Waals surface area contributed by atoms with Crippen LogP contribution in [0.4, 0.5) is 5.82 Å². The lowest BCUT2D eigenvalue weighted by atomic mass is 10.1. The van der Waals surface area contributed by atoms with E-state index in [4.69, 9.17) is 0 Å². The van der Waals surface area contributed by atoms with E-state index in [0.29, 0.717) is 17.9 Å². The van der Waals surface area contributed by atoms with Gasteiger partial charge in [-0.1, -0.05) is 30.3 Å². The van der Waals surface area contributed by atoms with Crippen molar-refractivity contribution in [2.75, 3.05) is 11.9 Å². The largest absolute Gasteiger partial charge is 0.394 e. The maximum Gasteiger partial charge on any atom is 0.203 e. The number of anilines is 1. The van der Waals surface area contributed by atoms with E-state index in [-0.39, 0.29) is 12.6 Å². The molecule has 0 amide bonds. The third kappa shape index (κ3) is 2.60. The van der Waals surface area contributed by atoms with Crippen molar-refractivity contribution in [2.45, 2.75) is 12.5 Å². The summed E-state index contributed by atoms with van der Waals surface area (Å²) in [5.41, 5.74) is 1.81. The minimum absolute atomic E-state index is 0.0196. The second-order valence-electron chi connectivity index (χ2n) is 4.55. The first-order valence-corrected chi connectivity index (χ1v) is 6.42. The lowest BCUT2D eigenvalue weighted by molar-refractivity contribution is 0.273. The second-order valence-corrected chi connectivity index (χ2v) is 4.55. The van der Waals surface area contributed by atoms with Gasteiger partial charge in [0.25, 0.3) is 0 Å². The predicted molar refractivity (Wildman–Crippen MR) is 75.4 cm³/mol. The molecule has 0 fully saturated rings. The number of rotatable bonds is 5. The minimum Gasteiger partial charge on any atom is -0.394 e. The van der Waals surface area contributed by atoms with Gasteiger partial charge in [-0.2, -0.15) is 0 Å². The van der Waals surface area contributed by atoms with Crippen LogP contribution in [0.5, 0.6) is 0 Å². The zero-order chi connectivity index (χ0) is 13.8. The molecular formula is C14H15N5O. The Bertz CT molecular complexity index is 682. The fraction of sp³-hybridized carbons (Fsp3) is 0.214. The standard InChI is InChI=1S/C14H15N5O/c20-9-12(8-11-4-2-1-3-5-11)17-13-14-18-16-10-19(14)7-6-15-13/h1-7,10,12,20H,8-9H2,(H,15,17). The van der Waals surface area contributed by atoms with Crippen LogP contribution in [0.2, 0.25) is 0 Å². The molecule has 0 aliphatic heterocycles. The van der Waals surface area contributed by atoms with Gasteiger partial charge in [0.2, 0.25) is 5.65 Å². The minimum atomic E-state index is -0.118. The van der Waals surface area contributed by atoms with Crippen molar-refractivity contribution in [1.82, 2.24) is 19.6 Å². The molecule has 3 rings (SSSR count). The number of benzene rings is 1. The van der Waals surface area contributed by atoms with Gasteiger partial charge in [0, 0.05) is 12.4 Å². The number of aliphatic hydroxyl groups excluding tert-OH is 1. The molecule has 2 heterocycles. The highest BCUT2D eigenvalue weighted by Crippen LogP contribution is 2.13. The molecule has 1 atom stereocenters. The molecule has 1 unspecified atom stereocenters. The van der Waals surface area contributed by atoms with E-state index >= 15 is 0 Å². The van der Waals surface area contributed by atoms with Crippen LogP contribution in [0.15, 0.2) is 49.1 Å². The van der Waals surface area contributed by atoms with Crippen molar-refractivity contribution in [3.05, 3.63) is 54.6 Å². The smallest absolute Gasteiger partial charge is 0.203 e. The van der Waals surface area contributed by atoms with E-state index in [0.717, 1.165) is 5.56 Å². The Morgan fingerprint density at radius 1 is 1.25 bits per heavy atom. The maximum absolute atomic E-state index is 9.54. The maximum atomic E-state index is 9.54. The number of hydrogen-bond acceptors (Lipinski definition) is 5. The molecule has 3 aromatic rings. The summed E-state index contributed by atoms with van der Waals surface area (Å²) in [4.78, 5) is 4.26. The van der Waals surface area contributed by atoms with Gasteiger partial charge in [0.15, 0.2) is 5.82 Å². The summed E-state index contributed by atoms with van der Waals surface area (Å²) in [6.07, 6.45) is 5.79. The molecule has 0 spiro atoms. The average molecular weight is 269 g/mol. The van der Waals surface area contributed by atoms with Gasteiger partial charge in [0.1, 0.15) is 6.33 Å². The Hall–Kier alpha value is -2.47. The predicted octanol–water partition coefficient (Wildman–Crippen LogP) is 1.14. The number of fused-ring (bicyclic) bond motifs is 1. The molecule has 1 aromatic carbocycles. The van der Waals surface area contributed by atoms with Crippen molar-refractivity contribution in [2.24, 2.45) is 0 Å². The van der Waals surface area contributed by atoms with E-state index < -0.39 is 0 Å². The van der Waals surface area contributed by atoms with E-state index in [2.05, 4.69) is 20.5 Å². The summed E-state index contributed by atoms with van der Waals surface area (Å²) in [6, 6.07) is 9.91. The fourth-order valence-corrected chi connectivity index (χ4v) is 2.11. The zero-order valence-corrected chi connectivity index (χ0v) is 10.8. The second kappa shape index (κ2) is 5.66. The van der Waals surface area contributed by atoms with Crippen LogP contribution in [-0.4, -0.2) is 37.3 Å². The van der Waals surface area contributed by atoms with Gasteiger partial charge in [-0.15, -0.1) is 10.2 Å². The van der Waals surface area contributed by atoms with Crippen molar-refractivity contribution in [1.29, 1.82) is 0 Å². The van der Waals surface area contributed by atoms with Crippen LogP contribution < -0.4 is 5.32 Å². The molecule has 0 saturated carbocycles. The molecule has 0 aliphatic rings. The van der Waals surface area contributed by atoms with Gasteiger partial charge in [0.05, 0.1) is 12.6 Å². The highest BCUT2D eigenvalue weighted by atomic mass is 16.3. The quantitative estimate of drug-likeness (QED) is 0.726. The van der Waals surface area contributed by atoms with Crippen LogP contribution in [0, 0.1) is 0 Å². The van der Waals surface area contributed by atoms with Crippen LogP contribution in [-0.2, 0) is 6.42 Å². The van der Waals surface area contributed by atoms with E-state index in [1.54, 1.807) is 23.1 Å². The third-order valence-corrected chi connectivity index (χ3v) is 3.10. The SMILES string of the molecule is OCC(Cc1ccccc1)Nc1nccn2cnnc12. The number of nitrogens with zero attached hydrogens (tertiary/aromatic N) is 4.